The largest absolute Gasteiger partial charge is 0.0764 e. The molecule has 0 N–H and O–H groups in total. The summed E-state index contributed by atoms with van der Waals surface area (Å²) in [5, 5.41) is 0. The minimum Gasteiger partial charge on any atom is -0.0764 e. The maximum absolute atomic E-state index is 2.45. The van der Waals surface area contributed by atoms with Crippen LogP contribution in [0.2, 0.25) is 0 Å². The Bertz CT molecular complexity index is 580. The van der Waals surface area contributed by atoms with Crippen LogP contribution in [0.4, 0.5) is 0 Å². The molecule has 0 spiro atoms. The third-order valence-electron chi connectivity index (χ3n) is 4.18. The summed E-state index contributed by atoms with van der Waals surface area (Å²) in [5.41, 5.74) is 4.28. The lowest BCUT2D eigenvalue weighted by atomic mass is 9.81. The lowest BCUT2D eigenvalue weighted by Crippen LogP contribution is -2.09. The molecule has 3 rings (SSSR count). The molecule has 0 aliphatic heterocycles. The molecular formula is C21H22. The van der Waals surface area contributed by atoms with E-state index >= 15 is 0 Å². The van der Waals surface area contributed by atoms with E-state index in [0.717, 1.165) is 0 Å². The topological polar surface area (TPSA) is 0 Å². The van der Waals surface area contributed by atoms with Gasteiger partial charge in [0.2, 0.25) is 0 Å². The molecule has 0 heterocycles. The zero-order chi connectivity index (χ0) is 14.5. The van der Waals surface area contributed by atoms with Gasteiger partial charge in [0, 0.05) is 11.8 Å². The normalized spacial score (nSPS) is 17.2. The first-order valence-electron chi connectivity index (χ1n) is 7.87. The number of hydrogen-bond acceptors (Lipinski definition) is 0. The molecule has 2 aromatic carbocycles. The number of allylic oxidation sites excluding steroid dienone is 4. The molecule has 0 aromatic heterocycles. The third-order valence-corrected chi connectivity index (χ3v) is 4.18. The van der Waals surface area contributed by atoms with E-state index in [-0.39, 0.29) is 0 Å². The van der Waals surface area contributed by atoms with Gasteiger partial charge in [0.05, 0.1) is 0 Å². The fourth-order valence-electron chi connectivity index (χ4n) is 3.21. The van der Waals surface area contributed by atoms with Gasteiger partial charge in [0.15, 0.2) is 0 Å². The molecule has 0 nitrogen and oxygen atoms in total. The smallest absolute Gasteiger partial charge is 0.0187 e. The number of hydrogen-bond donors (Lipinski definition) is 0. The van der Waals surface area contributed by atoms with Gasteiger partial charge < -0.3 is 0 Å². The predicted octanol–water partition coefficient (Wildman–Crippen LogP) is 5.73. The molecule has 0 saturated carbocycles. The molecule has 106 valence electrons. The third kappa shape index (κ3) is 3.16. The van der Waals surface area contributed by atoms with E-state index in [2.05, 4.69) is 85.8 Å². The van der Waals surface area contributed by atoms with Crippen LogP contribution in [0.15, 0.2) is 84.5 Å². The molecule has 21 heavy (non-hydrogen) atoms. The van der Waals surface area contributed by atoms with Crippen LogP contribution in [0.1, 0.15) is 36.8 Å². The Morgan fingerprint density at radius 1 is 0.857 bits per heavy atom. The molecule has 0 fully saturated rings. The molecule has 1 unspecified atom stereocenters. The zero-order valence-corrected chi connectivity index (χ0v) is 12.6. The van der Waals surface area contributed by atoms with Crippen LogP contribution in [-0.2, 0) is 0 Å². The molecule has 0 bridgehead atoms. The van der Waals surface area contributed by atoms with E-state index < -0.39 is 0 Å². The Labute approximate surface area is 127 Å². The molecule has 0 amide bonds. The highest BCUT2D eigenvalue weighted by Crippen LogP contribution is 2.37. The molecule has 1 aliphatic carbocycles. The lowest BCUT2D eigenvalue weighted by Gasteiger charge is -2.22. The van der Waals surface area contributed by atoms with Crippen LogP contribution in [0.25, 0.3) is 0 Å². The second kappa shape index (κ2) is 6.58. The summed E-state index contributed by atoms with van der Waals surface area (Å²) < 4.78 is 0. The Morgan fingerprint density at radius 3 is 1.95 bits per heavy atom. The highest BCUT2D eigenvalue weighted by Gasteiger charge is 2.23. The average Bonchev–Trinajstić information content (AvgIpc) is 2.98. The van der Waals surface area contributed by atoms with Crippen LogP contribution < -0.4 is 0 Å². The number of benzene rings is 2. The SMILES string of the molecule is CCCC1=CC(C(c2ccccc2)c2ccccc2)C=C1. The summed E-state index contributed by atoms with van der Waals surface area (Å²) in [5.74, 6) is 0.884. The average molecular weight is 274 g/mol. The van der Waals surface area contributed by atoms with E-state index in [4.69, 9.17) is 0 Å². The van der Waals surface area contributed by atoms with Gasteiger partial charge in [-0.1, -0.05) is 97.8 Å². The van der Waals surface area contributed by atoms with Gasteiger partial charge in [-0.05, 0) is 17.5 Å². The first-order valence-corrected chi connectivity index (χ1v) is 7.87. The highest BCUT2D eigenvalue weighted by molar-refractivity contribution is 5.40. The fraction of sp³-hybridized carbons (Fsp3) is 0.238. The summed E-state index contributed by atoms with van der Waals surface area (Å²) in [6, 6.07) is 21.7. The Morgan fingerprint density at radius 2 is 1.43 bits per heavy atom. The summed E-state index contributed by atoms with van der Waals surface area (Å²) in [7, 11) is 0. The molecular weight excluding hydrogens is 252 g/mol. The minimum atomic E-state index is 0.415. The first kappa shape index (κ1) is 13.9. The van der Waals surface area contributed by atoms with E-state index in [1.807, 2.05) is 0 Å². The van der Waals surface area contributed by atoms with Gasteiger partial charge in [-0.2, -0.15) is 0 Å². The molecule has 1 atom stereocenters. The molecule has 1 aliphatic rings. The maximum atomic E-state index is 2.45. The Kier molecular flexibility index (Phi) is 4.35. The van der Waals surface area contributed by atoms with Crippen molar-refractivity contribution in [2.75, 3.05) is 0 Å². The van der Waals surface area contributed by atoms with Crippen molar-refractivity contribution in [1.82, 2.24) is 0 Å². The van der Waals surface area contributed by atoms with E-state index in [1.54, 1.807) is 0 Å². The molecule has 0 radical (unpaired) electrons. The zero-order valence-electron chi connectivity index (χ0n) is 12.6. The maximum Gasteiger partial charge on any atom is 0.0187 e. The summed E-state index contributed by atoms with van der Waals surface area (Å²) >= 11 is 0. The number of rotatable bonds is 5. The first-order chi connectivity index (χ1) is 10.4. The summed E-state index contributed by atoms with van der Waals surface area (Å²) in [6.45, 7) is 2.24. The van der Waals surface area contributed by atoms with Gasteiger partial charge in [0.1, 0.15) is 0 Å². The van der Waals surface area contributed by atoms with Crippen molar-refractivity contribution >= 4 is 0 Å². The van der Waals surface area contributed by atoms with Crippen molar-refractivity contribution in [1.29, 1.82) is 0 Å². The van der Waals surface area contributed by atoms with Gasteiger partial charge in [-0.25, -0.2) is 0 Å². The van der Waals surface area contributed by atoms with Crippen molar-refractivity contribution in [3.05, 3.63) is 95.6 Å². The van der Waals surface area contributed by atoms with Crippen molar-refractivity contribution in [3.8, 4) is 0 Å². The second-order valence-electron chi connectivity index (χ2n) is 5.73. The van der Waals surface area contributed by atoms with Crippen molar-refractivity contribution in [2.45, 2.75) is 25.7 Å². The van der Waals surface area contributed by atoms with Crippen molar-refractivity contribution in [2.24, 2.45) is 5.92 Å². The van der Waals surface area contributed by atoms with Crippen LogP contribution >= 0.6 is 0 Å². The predicted molar refractivity (Wildman–Crippen MR) is 90.3 cm³/mol. The van der Waals surface area contributed by atoms with E-state index in [0.29, 0.717) is 11.8 Å². The van der Waals surface area contributed by atoms with Crippen LogP contribution in [-0.4, -0.2) is 0 Å². The molecule has 2 aromatic rings. The van der Waals surface area contributed by atoms with Gasteiger partial charge in [-0.3, -0.25) is 0 Å². The minimum absolute atomic E-state index is 0.415. The molecule has 0 heteroatoms. The Hall–Kier alpha value is -2.08. The summed E-state index contributed by atoms with van der Waals surface area (Å²) in [4.78, 5) is 0. The lowest BCUT2D eigenvalue weighted by molar-refractivity contribution is 0.690. The van der Waals surface area contributed by atoms with Gasteiger partial charge >= 0.3 is 0 Å². The Balaban J connectivity index is 1.97. The standard InChI is InChI=1S/C21H22/c1-2-9-17-14-15-20(16-17)21(18-10-5-3-6-11-18)19-12-7-4-8-13-19/h3-8,10-16,20-21H,2,9H2,1H3. The van der Waals surface area contributed by atoms with E-state index in [9.17, 15) is 0 Å². The second-order valence-corrected chi connectivity index (χ2v) is 5.73. The monoisotopic (exact) mass is 274 g/mol. The quantitative estimate of drug-likeness (QED) is 0.653. The highest BCUT2D eigenvalue weighted by atomic mass is 14.3. The molecule has 0 saturated heterocycles. The van der Waals surface area contributed by atoms with Crippen LogP contribution in [0.3, 0.4) is 0 Å². The van der Waals surface area contributed by atoms with Gasteiger partial charge in [-0.15, -0.1) is 0 Å². The van der Waals surface area contributed by atoms with Crippen molar-refractivity contribution < 1.29 is 0 Å². The van der Waals surface area contributed by atoms with E-state index in [1.165, 1.54) is 29.5 Å². The van der Waals surface area contributed by atoms with Crippen LogP contribution in [0.5, 0.6) is 0 Å². The van der Waals surface area contributed by atoms with Crippen LogP contribution in [0, 0.1) is 5.92 Å². The fourth-order valence-corrected chi connectivity index (χ4v) is 3.21. The summed E-state index contributed by atoms with van der Waals surface area (Å²) in [6.07, 6.45) is 9.53. The van der Waals surface area contributed by atoms with Gasteiger partial charge in [0.25, 0.3) is 0 Å². The van der Waals surface area contributed by atoms with Crippen molar-refractivity contribution in [3.63, 3.8) is 0 Å².